The Hall–Kier alpha value is -2.08. The summed E-state index contributed by atoms with van der Waals surface area (Å²) in [5, 5.41) is 2.38. The standard InChI is InChI=1S/C12H9BrN2O3/c13-9-5-3-8(4-6-9)11(14)15-18-12(16)10-2-1-7-17-10/h1-7H,(H2,14,15)/p+1. The summed E-state index contributed by atoms with van der Waals surface area (Å²) in [6.45, 7) is 0. The maximum atomic E-state index is 11.4. The van der Waals surface area contributed by atoms with Crippen molar-refractivity contribution < 1.29 is 19.2 Å². The Bertz CT molecular complexity index is 562. The minimum Gasteiger partial charge on any atom is -0.457 e. The molecule has 3 N–H and O–H groups in total. The second-order valence-corrected chi connectivity index (χ2v) is 4.31. The van der Waals surface area contributed by atoms with Crippen LogP contribution in [0.2, 0.25) is 0 Å². The number of amidine groups is 1. The van der Waals surface area contributed by atoms with Crippen LogP contribution < -0.4 is 10.9 Å². The van der Waals surface area contributed by atoms with Crippen LogP contribution in [-0.2, 0) is 4.84 Å². The van der Waals surface area contributed by atoms with Crippen LogP contribution in [0.1, 0.15) is 16.1 Å². The number of furan rings is 1. The molecular weight excluding hydrogens is 300 g/mol. The highest BCUT2D eigenvalue weighted by atomic mass is 79.9. The van der Waals surface area contributed by atoms with Crippen molar-refractivity contribution in [3.8, 4) is 0 Å². The zero-order chi connectivity index (χ0) is 13.0. The quantitative estimate of drug-likeness (QED) is 0.377. The largest absolute Gasteiger partial charge is 0.457 e. The van der Waals surface area contributed by atoms with Crippen LogP contribution >= 0.6 is 15.9 Å². The lowest BCUT2D eigenvalue weighted by Gasteiger charge is -1.96. The Labute approximate surface area is 111 Å². The van der Waals surface area contributed by atoms with Gasteiger partial charge in [-0.15, -0.1) is 0 Å². The number of nitrogen functional groups attached to an aromatic ring is 1. The van der Waals surface area contributed by atoms with Crippen molar-refractivity contribution in [3.05, 3.63) is 58.5 Å². The minimum absolute atomic E-state index is 0.103. The van der Waals surface area contributed by atoms with Crippen molar-refractivity contribution in [2.75, 3.05) is 0 Å². The molecule has 1 heterocycles. The van der Waals surface area contributed by atoms with E-state index in [1.165, 1.54) is 12.3 Å². The Kier molecular flexibility index (Phi) is 3.78. The molecule has 1 aromatic carbocycles. The third-order valence-corrected chi connectivity index (χ3v) is 2.66. The van der Waals surface area contributed by atoms with Gasteiger partial charge in [0.15, 0.2) is 0 Å². The Morgan fingerprint density at radius 2 is 2.00 bits per heavy atom. The zero-order valence-corrected chi connectivity index (χ0v) is 10.8. The number of nitrogens with one attached hydrogen (secondary N) is 1. The molecule has 0 fully saturated rings. The van der Waals surface area contributed by atoms with Crippen molar-refractivity contribution in [1.29, 1.82) is 0 Å². The predicted molar refractivity (Wildman–Crippen MR) is 67.5 cm³/mol. The number of hydrogen-bond acceptors (Lipinski definition) is 3. The van der Waals surface area contributed by atoms with Crippen molar-refractivity contribution in [1.82, 2.24) is 0 Å². The second kappa shape index (κ2) is 5.50. The van der Waals surface area contributed by atoms with E-state index in [1.54, 1.807) is 18.2 Å². The molecule has 5 nitrogen and oxygen atoms in total. The van der Waals surface area contributed by atoms with E-state index >= 15 is 0 Å². The lowest BCUT2D eigenvalue weighted by molar-refractivity contribution is -0.721. The smallest absolute Gasteiger partial charge is 0.422 e. The fourth-order valence-electron chi connectivity index (χ4n) is 1.23. The van der Waals surface area contributed by atoms with E-state index < -0.39 is 5.97 Å². The van der Waals surface area contributed by atoms with E-state index in [2.05, 4.69) is 21.1 Å². The molecule has 0 unspecified atom stereocenters. The molecule has 0 aliphatic heterocycles. The van der Waals surface area contributed by atoms with Gasteiger partial charge in [-0.1, -0.05) is 21.1 Å². The van der Waals surface area contributed by atoms with Gasteiger partial charge in [-0.25, -0.2) is 4.79 Å². The summed E-state index contributed by atoms with van der Waals surface area (Å²) in [7, 11) is 0. The van der Waals surface area contributed by atoms with Gasteiger partial charge in [-0.3, -0.25) is 10.6 Å². The molecule has 0 aliphatic rings. The summed E-state index contributed by atoms with van der Waals surface area (Å²) in [5.41, 5.74) is 6.44. The van der Waals surface area contributed by atoms with Gasteiger partial charge in [0.05, 0.1) is 11.8 Å². The Morgan fingerprint density at radius 3 is 2.61 bits per heavy atom. The van der Waals surface area contributed by atoms with Crippen LogP contribution in [0, 0.1) is 0 Å². The summed E-state index contributed by atoms with van der Waals surface area (Å²) in [6.07, 6.45) is 1.39. The first-order valence-corrected chi connectivity index (χ1v) is 5.85. The zero-order valence-electron chi connectivity index (χ0n) is 9.22. The van der Waals surface area contributed by atoms with E-state index in [1.807, 2.05) is 12.1 Å². The molecule has 6 heteroatoms. The molecule has 92 valence electrons. The number of hydrogen-bond donors (Lipinski definition) is 2. The normalized spacial score (nSPS) is 11.3. The number of benzene rings is 1. The molecule has 0 atom stereocenters. The van der Waals surface area contributed by atoms with Gasteiger partial charge in [-0.2, -0.15) is 0 Å². The maximum absolute atomic E-state index is 11.4. The van der Waals surface area contributed by atoms with Gasteiger partial charge in [0.25, 0.3) is 0 Å². The molecule has 1 aromatic heterocycles. The minimum atomic E-state index is -0.639. The molecule has 0 aliphatic carbocycles. The molecule has 2 aromatic rings. The van der Waals surface area contributed by atoms with E-state index in [4.69, 9.17) is 15.0 Å². The van der Waals surface area contributed by atoms with Crippen LogP contribution in [0.3, 0.4) is 0 Å². The molecule has 0 saturated carbocycles. The first-order chi connectivity index (χ1) is 8.66. The van der Waals surface area contributed by atoms with Crippen LogP contribution in [0.25, 0.3) is 0 Å². The fraction of sp³-hybridized carbons (Fsp3) is 0. The van der Waals surface area contributed by atoms with Crippen molar-refractivity contribution in [2.45, 2.75) is 0 Å². The topological polar surface area (TPSA) is 79.4 Å². The molecule has 0 amide bonds. The molecule has 2 rings (SSSR count). The molecule has 18 heavy (non-hydrogen) atoms. The molecular formula is C12H10BrN2O3+. The van der Waals surface area contributed by atoms with Gasteiger partial charge in [0, 0.05) is 4.47 Å². The second-order valence-electron chi connectivity index (χ2n) is 3.39. The van der Waals surface area contributed by atoms with Crippen molar-refractivity contribution in [2.24, 2.45) is 5.73 Å². The third kappa shape index (κ3) is 2.98. The lowest BCUT2D eigenvalue weighted by atomic mass is 10.2. The van der Waals surface area contributed by atoms with Gasteiger partial charge in [0.2, 0.25) is 5.76 Å². The first kappa shape index (κ1) is 12.4. The SMILES string of the molecule is NC(=[NH+]OC(=O)c1ccco1)c1ccc(Br)cc1. The molecule has 0 spiro atoms. The van der Waals surface area contributed by atoms with Crippen LogP contribution in [0.4, 0.5) is 0 Å². The number of carbonyl (C=O) groups excluding carboxylic acids is 1. The van der Waals surface area contributed by atoms with E-state index in [0.717, 1.165) is 4.47 Å². The number of rotatable bonds is 3. The first-order valence-electron chi connectivity index (χ1n) is 5.06. The monoisotopic (exact) mass is 309 g/mol. The predicted octanol–water partition coefficient (Wildman–Crippen LogP) is 0.600. The Balaban J connectivity index is 2.05. The summed E-state index contributed by atoms with van der Waals surface area (Å²) in [4.78, 5) is 16.2. The average molecular weight is 310 g/mol. The van der Waals surface area contributed by atoms with E-state index in [-0.39, 0.29) is 11.6 Å². The Morgan fingerprint density at radius 1 is 1.28 bits per heavy atom. The third-order valence-electron chi connectivity index (χ3n) is 2.13. The van der Waals surface area contributed by atoms with Gasteiger partial charge >= 0.3 is 11.8 Å². The molecule has 0 bridgehead atoms. The van der Waals surface area contributed by atoms with Gasteiger partial charge in [0.1, 0.15) is 0 Å². The van der Waals surface area contributed by atoms with Crippen molar-refractivity contribution in [3.63, 3.8) is 0 Å². The fourth-order valence-corrected chi connectivity index (χ4v) is 1.50. The maximum Gasteiger partial charge on any atom is 0.422 e. The van der Waals surface area contributed by atoms with Crippen LogP contribution in [0.15, 0.2) is 51.6 Å². The van der Waals surface area contributed by atoms with Crippen LogP contribution in [0.5, 0.6) is 0 Å². The summed E-state index contributed by atoms with van der Waals surface area (Å²) in [6, 6.07) is 10.3. The number of nitrogens with two attached hydrogens (primary N) is 1. The highest BCUT2D eigenvalue weighted by molar-refractivity contribution is 9.10. The van der Waals surface area contributed by atoms with Gasteiger partial charge in [-0.05, 0) is 36.4 Å². The van der Waals surface area contributed by atoms with E-state index in [0.29, 0.717) is 5.56 Å². The molecule has 0 saturated heterocycles. The van der Waals surface area contributed by atoms with Crippen molar-refractivity contribution >= 4 is 27.7 Å². The van der Waals surface area contributed by atoms with Gasteiger partial charge < -0.3 is 4.42 Å². The highest BCUT2D eigenvalue weighted by Gasteiger charge is 2.12. The molecule has 0 radical (unpaired) electrons. The average Bonchev–Trinajstić information content (AvgIpc) is 2.90. The summed E-state index contributed by atoms with van der Waals surface area (Å²) in [5.74, 6) is -0.298. The lowest BCUT2D eigenvalue weighted by Crippen LogP contribution is -2.75. The number of carbonyl (C=O) groups is 1. The summed E-state index contributed by atoms with van der Waals surface area (Å²) < 4.78 is 5.81. The number of halogens is 1. The van der Waals surface area contributed by atoms with Crippen LogP contribution in [-0.4, -0.2) is 11.8 Å². The summed E-state index contributed by atoms with van der Waals surface area (Å²) >= 11 is 3.31. The highest BCUT2D eigenvalue weighted by Crippen LogP contribution is 2.09. The van der Waals surface area contributed by atoms with E-state index in [9.17, 15) is 4.79 Å².